The maximum absolute atomic E-state index is 9.09. The fraction of sp³-hybridized carbons (Fsp3) is 0.158. The van der Waals surface area contributed by atoms with E-state index in [0.717, 1.165) is 50.4 Å². The number of anilines is 4. The van der Waals surface area contributed by atoms with Crippen molar-refractivity contribution in [2.45, 2.75) is 59.2 Å². The monoisotopic (exact) mass is 1010 g/mol. The predicted octanol–water partition coefficient (Wildman–Crippen LogP) is 15.2. The van der Waals surface area contributed by atoms with Crippen LogP contribution in [0.2, 0.25) is 0 Å². The number of pyridine rings is 1. The Morgan fingerprint density at radius 1 is 0.635 bits per heavy atom. The number of aryl methyl sites for hydroxylation is 1. The maximum atomic E-state index is 9.09. The molecule has 9 aromatic rings. The molecule has 0 amide bonds. The second-order valence-corrected chi connectivity index (χ2v) is 17.8. The summed E-state index contributed by atoms with van der Waals surface area (Å²) in [5.41, 5.74) is 9.06. The third-order valence-electron chi connectivity index (χ3n) is 11.5. The number of aromatic nitrogens is 2. The van der Waals surface area contributed by atoms with E-state index >= 15 is 0 Å². The van der Waals surface area contributed by atoms with Crippen molar-refractivity contribution in [2.24, 2.45) is 0 Å². The van der Waals surface area contributed by atoms with Gasteiger partial charge in [0.1, 0.15) is 5.82 Å². The van der Waals surface area contributed by atoms with E-state index in [1.54, 1.807) is 29.0 Å². The zero-order valence-corrected chi connectivity index (χ0v) is 38.1. The van der Waals surface area contributed by atoms with E-state index in [4.69, 9.17) is 19.3 Å². The van der Waals surface area contributed by atoms with Gasteiger partial charge in [0, 0.05) is 76.6 Å². The van der Waals surface area contributed by atoms with Gasteiger partial charge in [-0.15, -0.1) is 53.6 Å². The summed E-state index contributed by atoms with van der Waals surface area (Å²) in [7, 11) is 0. The van der Waals surface area contributed by atoms with Crippen LogP contribution in [0.1, 0.15) is 67.8 Å². The molecule has 0 aliphatic carbocycles. The minimum absolute atomic E-state index is 0. The summed E-state index contributed by atoms with van der Waals surface area (Å²) in [5, 5.41) is 0.956. The third kappa shape index (κ3) is 7.85. The minimum atomic E-state index is -2.36. The normalized spacial score (nSPS) is 14.5. The van der Waals surface area contributed by atoms with E-state index in [1.807, 2.05) is 104 Å². The summed E-state index contributed by atoms with van der Waals surface area (Å²) in [5.74, 6) is 1.27. The van der Waals surface area contributed by atoms with E-state index in [9.17, 15) is 0 Å². The van der Waals surface area contributed by atoms with Crippen LogP contribution < -0.4 is 14.5 Å². The van der Waals surface area contributed by atoms with Crippen LogP contribution in [0.3, 0.4) is 0 Å². The molecule has 0 fully saturated rings. The molecule has 63 heavy (non-hydrogen) atoms. The standard InChI is InChI=1S/C57H49N4O.Pt/c1-38-30-48(39-18-10-8-11-19-39)55(49(31-38)40-20-12-9-13-21-40)60-37-59(51-24-16-17-25-52(51)60)43-32-42(57(5,6)7)33-45(35-43)62-44-26-27-47-46-22-14-15-23-50(46)61(53(47)36-44)54-34-41(28-29-58-54)56(2,3)4;/h8-34,37H,1-7H3;/q-3;/i1D3,14D,15D,22D,23D;. The second kappa shape index (κ2) is 16.4. The number of ether oxygens (including phenoxy) is 1. The van der Waals surface area contributed by atoms with Gasteiger partial charge in [0.2, 0.25) is 0 Å². The molecule has 0 unspecified atom stereocenters. The number of hydrogen-bond donors (Lipinski definition) is 0. The Balaban J connectivity index is 0.00000608. The topological polar surface area (TPSA) is 33.5 Å². The van der Waals surface area contributed by atoms with Crippen molar-refractivity contribution in [1.29, 1.82) is 0 Å². The molecule has 1 aliphatic rings. The fourth-order valence-corrected chi connectivity index (χ4v) is 8.23. The van der Waals surface area contributed by atoms with Crippen molar-refractivity contribution >= 4 is 44.6 Å². The molecule has 7 aromatic carbocycles. The van der Waals surface area contributed by atoms with Gasteiger partial charge in [-0.05, 0) is 87.8 Å². The number of fused-ring (bicyclic) bond motifs is 4. The van der Waals surface area contributed by atoms with Gasteiger partial charge in [-0.2, -0.15) is 6.07 Å². The summed E-state index contributed by atoms with van der Waals surface area (Å²) in [6, 6.07) is 49.1. The molecule has 6 heteroatoms. The fourth-order valence-electron chi connectivity index (χ4n) is 8.23. The van der Waals surface area contributed by atoms with Gasteiger partial charge in [0.25, 0.3) is 0 Å². The van der Waals surface area contributed by atoms with Gasteiger partial charge >= 0.3 is 0 Å². The van der Waals surface area contributed by atoms with Crippen LogP contribution in [0.15, 0.2) is 164 Å². The third-order valence-corrected chi connectivity index (χ3v) is 11.5. The Bertz CT molecular complexity index is 3410. The van der Waals surface area contributed by atoms with Crippen molar-refractivity contribution in [3.63, 3.8) is 0 Å². The molecular formula is C57H49N4OPt-3. The number of benzene rings is 7. The smallest absolute Gasteiger partial charge is 0.135 e. The van der Waals surface area contributed by atoms with Gasteiger partial charge < -0.3 is 19.1 Å². The van der Waals surface area contributed by atoms with Crippen molar-refractivity contribution in [2.75, 3.05) is 9.80 Å². The molecule has 0 spiro atoms. The van der Waals surface area contributed by atoms with E-state index in [-0.39, 0.29) is 61.6 Å². The van der Waals surface area contributed by atoms with Crippen LogP contribution in [0.25, 0.3) is 49.9 Å². The molecule has 0 saturated heterocycles. The van der Waals surface area contributed by atoms with Crippen LogP contribution in [-0.2, 0) is 31.9 Å². The van der Waals surface area contributed by atoms with Crippen LogP contribution in [0.4, 0.5) is 22.7 Å². The Morgan fingerprint density at radius 3 is 1.92 bits per heavy atom. The van der Waals surface area contributed by atoms with Crippen molar-refractivity contribution < 1.29 is 35.4 Å². The summed E-state index contributed by atoms with van der Waals surface area (Å²) < 4.78 is 69.4. The van der Waals surface area contributed by atoms with Crippen molar-refractivity contribution in [3.8, 4) is 39.6 Å². The number of nitrogens with zero attached hydrogens (tertiary/aromatic N) is 4. The molecular weight excluding hydrogens is 952 g/mol. The first-order valence-corrected chi connectivity index (χ1v) is 20.8. The zero-order chi connectivity index (χ0) is 48.7. The van der Waals surface area contributed by atoms with Gasteiger partial charge in [-0.25, -0.2) is 4.98 Å². The summed E-state index contributed by atoms with van der Waals surface area (Å²) in [4.78, 5) is 8.96. The predicted molar refractivity (Wildman–Crippen MR) is 257 cm³/mol. The molecule has 3 heterocycles. The van der Waals surface area contributed by atoms with Crippen LogP contribution in [0.5, 0.6) is 11.5 Å². The average Bonchev–Trinajstić information content (AvgIpc) is 3.88. The second-order valence-electron chi connectivity index (χ2n) is 17.8. The molecule has 10 rings (SSSR count). The Hall–Kier alpha value is -6.42. The summed E-state index contributed by atoms with van der Waals surface area (Å²) in [6.45, 7) is 12.4. The van der Waals surface area contributed by atoms with Crippen LogP contribution >= 0.6 is 0 Å². The van der Waals surface area contributed by atoms with Crippen molar-refractivity contribution in [3.05, 3.63) is 199 Å². The molecule has 1 aliphatic heterocycles. The average molecular weight is 1010 g/mol. The van der Waals surface area contributed by atoms with Gasteiger partial charge in [0.05, 0.1) is 5.48 Å². The van der Waals surface area contributed by atoms with E-state index in [0.29, 0.717) is 44.8 Å². The first-order chi connectivity index (χ1) is 32.8. The molecule has 0 atom stereocenters. The van der Waals surface area contributed by atoms with Crippen LogP contribution in [0, 0.1) is 25.7 Å². The molecule has 2 aromatic heterocycles. The number of para-hydroxylation sites is 3. The maximum Gasteiger partial charge on any atom is 0.135 e. The first-order valence-electron chi connectivity index (χ1n) is 24.3. The quantitative estimate of drug-likeness (QED) is 0.149. The van der Waals surface area contributed by atoms with E-state index < -0.39 is 6.85 Å². The largest absolute Gasteiger partial charge is 0.509 e. The van der Waals surface area contributed by atoms with E-state index in [1.165, 1.54) is 0 Å². The SMILES string of the molecule is [2H]c1c([2H])c([2H])c2c(c1[2H])c1ccc(Oc3[c-]c(N4[CH-]N(c5c(-c6ccccc6)cc(C([2H])([2H])[2H])cc5-c5ccccc5)c5ccccc54)cc(C(C)(C)C)c3)[c-]c1n2-c1cc(C(C)(C)C)ccn1.[Pt]. The summed E-state index contributed by atoms with van der Waals surface area (Å²) in [6.07, 6.45) is 1.72. The Morgan fingerprint density at radius 2 is 1.27 bits per heavy atom. The minimum Gasteiger partial charge on any atom is -0.509 e. The van der Waals surface area contributed by atoms with Crippen molar-refractivity contribution in [1.82, 2.24) is 9.55 Å². The van der Waals surface area contributed by atoms with Crippen LogP contribution in [-0.4, -0.2) is 9.55 Å². The van der Waals surface area contributed by atoms with E-state index in [2.05, 4.69) is 81.7 Å². The Labute approximate surface area is 395 Å². The molecule has 0 bridgehead atoms. The molecule has 5 nitrogen and oxygen atoms in total. The van der Waals surface area contributed by atoms with Gasteiger partial charge in [-0.3, -0.25) is 0 Å². The molecule has 316 valence electrons. The van der Waals surface area contributed by atoms with Gasteiger partial charge in [-0.1, -0.05) is 138 Å². The number of hydrogen-bond acceptors (Lipinski definition) is 4. The summed E-state index contributed by atoms with van der Waals surface area (Å²) >= 11 is 0. The number of rotatable bonds is 7. The molecule has 0 saturated carbocycles. The zero-order valence-electron chi connectivity index (χ0n) is 42.9. The van der Waals surface area contributed by atoms with Gasteiger partial charge in [0.15, 0.2) is 0 Å². The Kier molecular flexibility index (Phi) is 8.86. The molecule has 0 N–H and O–H groups in total. The first kappa shape index (κ1) is 34.1. The molecule has 0 radical (unpaired) electrons.